The van der Waals surface area contributed by atoms with Gasteiger partial charge in [-0.1, -0.05) is 41.9 Å². The normalized spacial score (nSPS) is 11.0. The van der Waals surface area contributed by atoms with Gasteiger partial charge < -0.3 is 15.5 Å². The molecule has 21 heavy (non-hydrogen) atoms. The predicted octanol–water partition coefficient (Wildman–Crippen LogP) is 3.45. The summed E-state index contributed by atoms with van der Waals surface area (Å²) in [5.41, 5.74) is 1.03. The second-order valence-electron chi connectivity index (χ2n) is 4.67. The zero-order chi connectivity index (χ0) is 15.5. The first kappa shape index (κ1) is 17.7. The maximum atomic E-state index is 11.6. The maximum Gasteiger partial charge on any atom is 0.318 e. The van der Waals surface area contributed by atoms with Gasteiger partial charge in [-0.25, -0.2) is 4.79 Å². The average molecular weight is 354 g/mol. The van der Waals surface area contributed by atoms with E-state index in [1.807, 2.05) is 30.3 Å². The van der Waals surface area contributed by atoms with E-state index in [1.54, 1.807) is 6.20 Å². The Morgan fingerprint density at radius 3 is 2.76 bits per heavy atom. The number of hydrogen-bond acceptors (Lipinski definition) is 2. The van der Waals surface area contributed by atoms with Gasteiger partial charge in [0.2, 0.25) is 0 Å². The average Bonchev–Trinajstić information content (AvgIpc) is 2.47. The van der Waals surface area contributed by atoms with Crippen LogP contribution in [0, 0.1) is 0 Å². The minimum Gasteiger partial charge on any atom is -0.338 e. The number of benzene rings is 1. The lowest BCUT2D eigenvalue weighted by Crippen LogP contribution is -2.34. The standard InChI is InChI=1S/C16H24BrN3O/c1-3-20(4-2)12-6-10-18-16(21)19-11-9-14-7-5-8-15(17)13-14/h5,7-9,11,13H,3-4,6,10,12H2,1-2H3,(H2,18,19,21)/b11-9+. The molecule has 0 saturated carbocycles. The van der Waals surface area contributed by atoms with Crippen molar-refractivity contribution in [2.45, 2.75) is 20.3 Å². The Kier molecular flexibility index (Phi) is 8.78. The predicted molar refractivity (Wildman–Crippen MR) is 92.1 cm³/mol. The van der Waals surface area contributed by atoms with Crippen LogP contribution in [0.25, 0.3) is 6.08 Å². The van der Waals surface area contributed by atoms with E-state index < -0.39 is 0 Å². The van der Waals surface area contributed by atoms with Crippen LogP contribution in [-0.4, -0.2) is 37.1 Å². The van der Waals surface area contributed by atoms with Crippen LogP contribution in [0.2, 0.25) is 0 Å². The van der Waals surface area contributed by atoms with Crippen molar-refractivity contribution in [2.75, 3.05) is 26.2 Å². The molecule has 0 atom stereocenters. The zero-order valence-corrected chi connectivity index (χ0v) is 14.3. The van der Waals surface area contributed by atoms with Gasteiger partial charge >= 0.3 is 6.03 Å². The molecule has 0 fully saturated rings. The van der Waals surface area contributed by atoms with Gasteiger partial charge in [0.05, 0.1) is 0 Å². The van der Waals surface area contributed by atoms with Crippen molar-refractivity contribution in [1.29, 1.82) is 0 Å². The van der Waals surface area contributed by atoms with E-state index >= 15 is 0 Å². The maximum absolute atomic E-state index is 11.6. The van der Waals surface area contributed by atoms with Crippen molar-refractivity contribution in [3.05, 3.63) is 40.5 Å². The second-order valence-corrected chi connectivity index (χ2v) is 5.58. The van der Waals surface area contributed by atoms with E-state index in [1.165, 1.54) is 0 Å². The lowest BCUT2D eigenvalue weighted by Gasteiger charge is -2.17. The molecule has 2 N–H and O–H groups in total. The van der Waals surface area contributed by atoms with Crippen molar-refractivity contribution >= 4 is 28.0 Å². The fourth-order valence-corrected chi connectivity index (χ4v) is 2.34. The summed E-state index contributed by atoms with van der Waals surface area (Å²) in [5, 5.41) is 5.55. The highest BCUT2D eigenvalue weighted by Gasteiger charge is 2.00. The minimum atomic E-state index is -0.166. The molecule has 0 unspecified atom stereocenters. The van der Waals surface area contributed by atoms with Crippen molar-refractivity contribution in [3.63, 3.8) is 0 Å². The first-order chi connectivity index (χ1) is 10.2. The van der Waals surface area contributed by atoms with Crippen LogP contribution < -0.4 is 10.6 Å². The van der Waals surface area contributed by atoms with E-state index in [4.69, 9.17) is 0 Å². The van der Waals surface area contributed by atoms with E-state index in [9.17, 15) is 4.79 Å². The molecule has 0 aliphatic carbocycles. The molecular formula is C16H24BrN3O. The Hall–Kier alpha value is -1.33. The first-order valence-corrected chi connectivity index (χ1v) is 8.13. The third-order valence-electron chi connectivity index (χ3n) is 3.17. The number of halogens is 1. The van der Waals surface area contributed by atoms with E-state index in [-0.39, 0.29) is 6.03 Å². The topological polar surface area (TPSA) is 44.4 Å². The number of nitrogens with zero attached hydrogens (tertiary/aromatic N) is 1. The van der Waals surface area contributed by atoms with Gasteiger partial charge in [-0.15, -0.1) is 0 Å². The molecule has 0 radical (unpaired) electrons. The molecule has 2 amide bonds. The molecule has 0 aliphatic heterocycles. The van der Waals surface area contributed by atoms with Gasteiger partial charge in [0.1, 0.15) is 0 Å². The molecule has 0 heterocycles. The summed E-state index contributed by atoms with van der Waals surface area (Å²) < 4.78 is 1.02. The van der Waals surface area contributed by atoms with Crippen LogP contribution in [0.3, 0.4) is 0 Å². The van der Waals surface area contributed by atoms with Crippen LogP contribution >= 0.6 is 15.9 Å². The zero-order valence-electron chi connectivity index (χ0n) is 12.7. The summed E-state index contributed by atoms with van der Waals surface area (Å²) in [6.07, 6.45) is 4.48. The van der Waals surface area contributed by atoms with Crippen molar-refractivity contribution in [3.8, 4) is 0 Å². The summed E-state index contributed by atoms with van der Waals surface area (Å²) in [7, 11) is 0. The summed E-state index contributed by atoms with van der Waals surface area (Å²) in [4.78, 5) is 13.9. The van der Waals surface area contributed by atoms with Gasteiger partial charge in [-0.05, 0) is 49.8 Å². The third kappa shape index (κ3) is 7.87. The molecule has 1 rings (SSSR count). The van der Waals surface area contributed by atoms with Crippen LogP contribution in [0.1, 0.15) is 25.8 Å². The summed E-state index contributed by atoms with van der Waals surface area (Å²) in [6, 6.07) is 7.72. The summed E-state index contributed by atoms with van der Waals surface area (Å²) in [6.45, 7) is 8.11. The quantitative estimate of drug-likeness (QED) is 0.703. The molecule has 1 aromatic carbocycles. The highest BCUT2D eigenvalue weighted by molar-refractivity contribution is 9.10. The second kappa shape index (κ2) is 10.4. The summed E-state index contributed by atoms with van der Waals surface area (Å²) in [5.74, 6) is 0. The van der Waals surface area contributed by atoms with E-state index in [0.29, 0.717) is 6.54 Å². The van der Waals surface area contributed by atoms with Gasteiger partial charge in [0, 0.05) is 17.2 Å². The smallest absolute Gasteiger partial charge is 0.318 e. The Balaban J connectivity index is 2.19. The lowest BCUT2D eigenvalue weighted by atomic mass is 10.2. The molecule has 0 aromatic heterocycles. The van der Waals surface area contributed by atoms with Gasteiger partial charge in [0.15, 0.2) is 0 Å². The molecule has 5 heteroatoms. The fraction of sp³-hybridized carbons (Fsp3) is 0.438. The number of amides is 2. The largest absolute Gasteiger partial charge is 0.338 e. The third-order valence-corrected chi connectivity index (χ3v) is 3.66. The number of rotatable bonds is 8. The molecule has 0 bridgehead atoms. The molecule has 116 valence electrons. The number of hydrogen-bond donors (Lipinski definition) is 2. The Morgan fingerprint density at radius 1 is 1.33 bits per heavy atom. The molecule has 0 aliphatic rings. The number of carbonyl (C=O) groups is 1. The van der Waals surface area contributed by atoms with E-state index in [0.717, 1.165) is 36.1 Å². The number of urea groups is 1. The Bertz CT molecular complexity index is 459. The van der Waals surface area contributed by atoms with Crippen molar-refractivity contribution in [1.82, 2.24) is 15.5 Å². The molecule has 0 saturated heterocycles. The van der Waals surface area contributed by atoms with Crippen LogP contribution in [0.4, 0.5) is 4.79 Å². The van der Waals surface area contributed by atoms with Crippen molar-refractivity contribution in [2.24, 2.45) is 0 Å². The van der Waals surface area contributed by atoms with Gasteiger partial charge in [0.25, 0.3) is 0 Å². The molecular weight excluding hydrogens is 330 g/mol. The monoisotopic (exact) mass is 353 g/mol. The van der Waals surface area contributed by atoms with Crippen LogP contribution in [0.15, 0.2) is 34.9 Å². The van der Waals surface area contributed by atoms with Gasteiger partial charge in [-0.2, -0.15) is 0 Å². The highest BCUT2D eigenvalue weighted by atomic mass is 79.9. The lowest BCUT2D eigenvalue weighted by molar-refractivity contribution is 0.242. The molecule has 1 aromatic rings. The number of carbonyl (C=O) groups excluding carboxylic acids is 1. The van der Waals surface area contributed by atoms with Crippen LogP contribution in [0.5, 0.6) is 0 Å². The Morgan fingerprint density at radius 2 is 2.10 bits per heavy atom. The highest BCUT2D eigenvalue weighted by Crippen LogP contribution is 2.12. The fourth-order valence-electron chi connectivity index (χ4n) is 1.92. The molecule has 4 nitrogen and oxygen atoms in total. The van der Waals surface area contributed by atoms with Crippen LogP contribution in [-0.2, 0) is 0 Å². The summed E-state index contributed by atoms with van der Waals surface area (Å²) >= 11 is 3.41. The van der Waals surface area contributed by atoms with Gasteiger partial charge in [-0.3, -0.25) is 0 Å². The minimum absolute atomic E-state index is 0.166. The first-order valence-electron chi connectivity index (χ1n) is 7.34. The van der Waals surface area contributed by atoms with E-state index in [2.05, 4.69) is 45.3 Å². The van der Waals surface area contributed by atoms with Crippen molar-refractivity contribution < 1.29 is 4.79 Å². The number of nitrogens with one attached hydrogen (secondary N) is 2. The molecule has 0 spiro atoms. The SMILES string of the molecule is CCN(CC)CCCNC(=O)N/C=C/c1cccc(Br)c1. The Labute approximate surface area is 135 Å².